The first-order valence-corrected chi connectivity index (χ1v) is 10.3. The molecule has 24 heavy (non-hydrogen) atoms. The number of amides is 1. The standard InChI is InChI=1S/C18H26N2O3S/c1-4-12(2)19-24(22,23)16-8-9-17-15(11-16)10-13(3)20(17)18(21)14-6-5-7-14/h8-9,11-14,19H,4-7,10H2,1-3H3/t12-,13-/m1/s1. The second-order valence-corrected chi connectivity index (χ2v) is 8.82. The van der Waals surface area contributed by atoms with E-state index in [-0.39, 0.29) is 28.8 Å². The molecule has 0 unspecified atom stereocenters. The van der Waals surface area contributed by atoms with E-state index >= 15 is 0 Å². The van der Waals surface area contributed by atoms with Crippen molar-refractivity contribution in [3.8, 4) is 0 Å². The van der Waals surface area contributed by atoms with Gasteiger partial charge in [-0.05, 0) is 63.3 Å². The molecule has 2 atom stereocenters. The Hall–Kier alpha value is -1.40. The molecule has 1 heterocycles. The maximum Gasteiger partial charge on any atom is 0.240 e. The smallest absolute Gasteiger partial charge is 0.240 e. The summed E-state index contributed by atoms with van der Waals surface area (Å²) in [5.74, 6) is 0.342. The normalized spacial score (nSPS) is 22.1. The summed E-state index contributed by atoms with van der Waals surface area (Å²) < 4.78 is 27.6. The lowest BCUT2D eigenvalue weighted by Gasteiger charge is -2.32. The van der Waals surface area contributed by atoms with Gasteiger partial charge in [-0.15, -0.1) is 0 Å². The molecule has 1 amide bonds. The lowest BCUT2D eigenvalue weighted by Crippen LogP contribution is -2.42. The van der Waals surface area contributed by atoms with Crippen molar-refractivity contribution in [2.75, 3.05) is 4.90 Å². The Kier molecular flexibility index (Phi) is 4.71. The van der Waals surface area contributed by atoms with Gasteiger partial charge in [-0.25, -0.2) is 13.1 Å². The van der Waals surface area contributed by atoms with Crippen LogP contribution in [-0.2, 0) is 21.2 Å². The van der Waals surface area contributed by atoms with Gasteiger partial charge in [-0.1, -0.05) is 13.3 Å². The highest BCUT2D eigenvalue weighted by Crippen LogP contribution is 2.38. The fourth-order valence-corrected chi connectivity index (χ4v) is 4.76. The Morgan fingerprint density at radius 3 is 2.67 bits per heavy atom. The van der Waals surface area contributed by atoms with E-state index in [1.807, 2.05) is 25.7 Å². The highest BCUT2D eigenvalue weighted by Gasteiger charge is 2.37. The van der Waals surface area contributed by atoms with Gasteiger partial charge in [0.15, 0.2) is 0 Å². The Labute approximate surface area is 144 Å². The molecule has 0 spiro atoms. The minimum Gasteiger partial charge on any atom is -0.309 e. The number of nitrogens with one attached hydrogen (secondary N) is 1. The molecule has 1 saturated carbocycles. The molecule has 6 heteroatoms. The molecular formula is C18H26N2O3S. The zero-order chi connectivity index (χ0) is 17.5. The van der Waals surface area contributed by atoms with Crippen molar-refractivity contribution >= 4 is 21.6 Å². The Balaban J connectivity index is 1.87. The average molecular weight is 350 g/mol. The van der Waals surface area contributed by atoms with Crippen molar-refractivity contribution in [3.63, 3.8) is 0 Å². The molecular weight excluding hydrogens is 324 g/mol. The summed E-state index contributed by atoms with van der Waals surface area (Å²) in [6.07, 6.45) is 4.53. The highest BCUT2D eigenvalue weighted by molar-refractivity contribution is 7.89. The number of fused-ring (bicyclic) bond motifs is 1. The zero-order valence-electron chi connectivity index (χ0n) is 14.6. The Morgan fingerprint density at radius 2 is 2.08 bits per heavy atom. The van der Waals surface area contributed by atoms with Crippen LogP contribution in [0, 0.1) is 5.92 Å². The van der Waals surface area contributed by atoms with Crippen molar-refractivity contribution in [3.05, 3.63) is 23.8 Å². The lowest BCUT2D eigenvalue weighted by atomic mass is 9.84. The van der Waals surface area contributed by atoms with Crippen molar-refractivity contribution in [2.45, 2.75) is 69.9 Å². The van der Waals surface area contributed by atoms with Crippen LogP contribution in [0.2, 0.25) is 0 Å². The Morgan fingerprint density at radius 1 is 1.38 bits per heavy atom. The summed E-state index contributed by atoms with van der Waals surface area (Å²) >= 11 is 0. The van der Waals surface area contributed by atoms with Crippen LogP contribution in [0.3, 0.4) is 0 Å². The molecule has 5 nitrogen and oxygen atoms in total. The highest BCUT2D eigenvalue weighted by atomic mass is 32.2. The van der Waals surface area contributed by atoms with Crippen LogP contribution < -0.4 is 9.62 Å². The summed E-state index contributed by atoms with van der Waals surface area (Å²) in [5, 5.41) is 0. The van der Waals surface area contributed by atoms with E-state index in [2.05, 4.69) is 4.72 Å². The second-order valence-electron chi connectivity index (χ2n) is 7.11. The van der Waals surface area contributed by atoms with Gasteiger partial charge in [0.2, 0.25) is 15.9 Å². The number of rotatable bonds is 5. The van der Waals surface area contributed by atoms with Crippen molar-refractivity contribution in [1.82, 2.24) is 4.72 Å². The summed E-state index contributed by atoms with van der Waals surface area (Å²) in [4.78, 5) is 14.8. The summed E-state index contributed by atoms with van der Waals surface area (Å²) in [6, 6.07) is 5.13. The quantitative estimate of drug-likeness (QED) is 0.888. The molecule has 1 aliphatic carbocycles. The van der Waals surface area contributed by atoms with Gasteiger partial charge in [0, 0.05) is 23.7 Å². The molecule has 2 aliphatic rings. The van der Waals surface area contributed by atoms with E-state index in [0.29, 0.717) is 6.42 Å². The number of carbonyl (C=O) groups excluding carboxylic acids is 1. The first-order valence-electron chi connectivity index (χ1n) is 8.81. The molecule has 132 valence electrons. The van der Waals surface area contributed by atoms with Crippen LogP contribution in [-0.4, -0.2) is 26.4 Å². The molecule has 3 rings (SSSR count). The van der Waals surface area contributed by atoms with Gasteiger partial charge < -0.3 is 4.90 Å². The Bertz CT molecular complexity index is 741. The lowest BCUT2D eigenvalue weighted by molar-refractivity contribution is -0.125. The zero-order valence-corrected chi connectivity index (χ0v) is 15.4. The predicted octanol–water partition coefficient (Wildman–Crippen LogP) is 2.84. The van der Waals surface area contributed by atoms with Crippen LogP contribution in [0.1, 0.15) is 52.0 Å². The second kappa shape index (κ2) is 6.48. The summed E-state index contributed by atoms with van der Waals surface area (Å²) in [5.41, 5.74) is 1.82. The molecule has 0 radical (unpaired) electrons. The van der Waals surface area contributed by atoms with Gasteiger partial charge in [-0.3, -0.25) is 4.79 Å². The third-order valence-corrected chi connectivity index (χ3v) is 6.82. The number of sulfonamides is 1. The molecule has 0 aromatic heterocycles. The number of hydrogen-bond donors (Lipinski definition) is 1. The van der Waals surface area contributed by atoms with Crippen LogP contribution in [0.15, 0.2) is 23.1 Å². The van der Waals surface area contributed by atoms with Crippen LogP contribution in [0.25, 0.3) is 0 Å². The van der Waals surface area contributed by atoms with Gasteiger partial charge >= 0.3 is 0 Å². The minimum atomic E-state index is -3.51. The van der Waals surface area contributed by atoms with E-state index in [9.17, 15) is 13.2 Å². The number of nitrogens with zero attached hydrogens (tertiary/aromatic N) is 1. The largest absolute Gasteiger partial charge is 0.309 e. The topological polar surface area (TPSA) is 66.5 Å². The minimum absolute atomic E-state index is 0.0913. The number of benzene rings is 1. The van der Waals surface area contributed by atoms with Crippen molar-refractivity contribution in [1.29, 1.82) is 0 Å². The SMILES string of the molecule is CC[C@@H](C)NS(=O)(=O)c1ccc2c(c1)C[C@@H](C)N2C(=O)C1CCC1. The van der Waals surface area contributed by atoms with Crippen LogP contribution in [0.5, 0.6) is 0 Å². The van der Waals surface area contributed by atoms with Crippen molar-refractivity contribution < 1.29 is 13.2 Å². The molecule has 1 aromatic carbocycles. The average Bonchev–Trinajstić information content (AvgIpc) is 2.79. The first-order chi connectivity index (χ1) is 11.3. The van der Waals surface area contributed by atoms with E-state index in [0.717, 1.165) is 36.9 Å². The molecule has 1 aromatic rings. The maximum absolute atomic E-state index is 12.7. The molecule has 1 aliphatic heterocycles. The summed E-state index contributed by atoms with van der Waals surface area (Å²) in [7, 11) is -3.51. The predicted molar refractivity (Wildman–Crippen MR) is 94.5 cm³/mol. The van der Waals surface area contributed by atoms with Gasteiger partial charge in [0.25, 0.3) is 0 Å². The van der Waals surface area contributed by atoms with Gasteiger partial charge in [0.1, 0.15) is 0 Å². The fraction of sp³-hybridized carbons (Fsp3) is 0.611. The van der Waals surface area contributed by atoms with Crippen LogP contribution >= 0.6 is 0 Å². The fourth-order valence-electron chi connectivity index (χ4n) is 3.38. The third-order valence-electron chi connectivity index (χ3n) is 5.24. The number of carbonyl (C=O) groups is 1. The van der Waals surface area contributed by atoms with Gasteiger partial charge in [-0.2, -0.15) is 0 Å². The van der Waals surface area contributed by atoms with Crippen LogP contribution in [0.4, 0.5) is 5.69 Å². The maximum atomic E-state index is 12.7. The van der Waals surface area contributed by atoms with Gasteiger partial charge in [0.05, 0.1) is 4.90 Å². The first kappa shape index (κ1) is 17.4. The van der Waals surface area contributed by atoms with E-state index < -0.39 is 10.0 Å². The third kappa shape index (κ3) is 3.09. The number of hydrogen-bond acceptors (Lipinski definition) is 3. The molecule has 0 saturated heterocycles. The summed E-state index contributed by atoms with van der Waals surface area (Å²) in [6.45, 7) is 5.83. The molecule has 1 N–H and O–H groups in total. The van der Waals surface area contributed by atoms with E-state index in [1.54, 1.807) is 18.2 Å². The van der Waals surface area contributed by atoms with E-state index in [1.165, 1.54) is 0 Å². The molecule has 1 fully saturated rings. The van der Waals surface area contributed by atoms with Crippen molar-refractivity contribution in [2.24, 2.45) is 5.92 Å². The molecule has 0 bridgehead atoms. The number of anilines is 1. The monoisotopic (exact) mass is 350 g/mol. The van der Waals surface area contributed by atoms with E-state index in [4.69, 9.17) is 0 Å².